The van der Waals surface area contributed by atoms with Crippen LogP contribution in [-0.4, -0.2) is 4.92 Å². The lowest BCUT2D eigenvalue weighted by atomic mass is 10.2. The van der Waals surface area contributed by atoms with E-state index in [1.54, 1.807) is 11.3 Å². The highest BCUT2D eigenvalue weighted by molar-refractivity contribution is 9.10. The Balaban J connectivity index is 2.13. The number of hydrogen-bond donors (Lipinski definition) is 1. The van der Waals surface area contributed by atoms with Crippen LogP contribution in [0.1, 0.15) is 4.88 Å². The van der Waals surface area contributed by atoms with Gasteiger partial charge in [-0.15, -0.1) is 11.3 Å². The van der Waals surface area contributed by atoms with Gasteiger partial charge in [-0.25, -0.2) is 0 Å². The van der Waals surface area contributed by atoms with Gasteiger partial charge in [-0.05, 0) is 28.1 Å². The highest BCUT2D eigenvalue weighted by atomic mass is 79.9. The second-order valence-corrected chi connectivity index (χ2v) is 5.82. The number of nitro benzene ring substituents is 1. The third kappa shape index (κ3) is 3.22. The lowest BCUT2D eigenvalue weighted by molar-refractivity contribution is -0.384. The molecule has 7 heteroatoms. The van der Waals surface area contributed by atoms with Gasteiger partial charge in [0.05, 0.1) is 15.6 Å². The summed E-state index contributed by atoms with van der Waals surface area (Å²) in [5.74, 6) is 0. The summed E-state index contributed by atoms with van der Waals surface area (Å²) in [5.41, 5.74) is 0.588. The van der Waals surface area contributed by atoms with Crippen LogP contribution in [0.4, 0.5) is 11.4 Å². The molecule has 0 atom stereocenters. The first-order valence-corrected chi connectivity index (χ1v) is 7.02. The molecular formula is C11H8BrClN2O2S. The van der Waals surface area contributed by atoms with E-state index in [0.29, 0.717) is 17.3 Å². The fourth-order valence-corrected chi connectivity index (χ4v) is 2.97. The molecule has 0 saturated heterocycles. The second-order valence-electron chi connectivity index (χ2n) is 3.51. The highest BCUT2D eigenvalue weighted by Gasteiger charge is 2.09. The Hall–Kier alpha value is -1.11. The smallest absolute Gasteiger partial charge is 0.271 e. The predicted molar refractivity (Wildman–Crippen MR) is 77.5 cm³/mol. The van der Waals surface area contributed by atoms with Gasteiger partial charge in [0, 0.05) is 33.4 Å². The molecule has 94 valence electrons. The molecule has 2 rings (SSSR count). The van der Waals surface area contributed by atoms with Crippen molar-refractivity contribution < 1.29 is 4.92 Å². The maximum Gasteiger partial charge on any atom is 0.271 e. The van der Waals surface area contributed by atoms with Crippen LogP contribution < -0.4 is 5.32 Å². The molecular weight excluding hydrogens is 340 g/mol. The van der Waals surface area contributed by atoms with Crippen molar-refractivity contribution >= 4 is 50.2 Å². The van der Waals surface area contributed by atoms with Crippen molar-refractivity contribution in [1.82, 2.24) is 0 Å². The molecule has 1 heterocycles. The van der Waals surface area contributed by atoms with E-state index in [4.69, 9.17) is 11.6 Å². The number of thiophene rings is 1. The van der Waals surface area contributed by atoms with Crippen molar-refractivity contribution in [2.24, 2.45) is 0 Å². The Kier molecular flexibility index (Phi) is 4.21. The van der Waals surface area contributed by atoms with Crippen LogP contribution in [0.3, 0.4) is 0 Å². The predicted octanol–water partition coefficient (Wildman–Crippen LogP) is 4.68. The average molecular weight is 348 g/mol. The monoisotopic (exact) mass is 346 g/mol. The van der Waals surface area contributed by atoms with Crippen LogP contribution in [0.2, 0.25) is 5.02 Å². The minimum Gasteiger partial charge on any atom is -0.379 e. The quantitative estimate of drug-likeness (QED) is 0.645. The number of nitro groups is 1. The fraction of sp³-hybridized carbons (Fsp3) is 0.0909. The molecule has 0 saturated carbocycles. The number of hydrogen-bond acceptors (Lipinski definition) is 4. The molecule has 1 aromatic heterocycles. The minimum absolute atomic E-state index is 0.0225. The van der Waals surface area contributed by atoms with E-state index in [-0.39, 0.29) is 5.69 Å². The van der Waals surface area contributed by atoms with E-state index in [1.807, 2.05) is 11.4 Å². The summed E-state index contributed by atoms with van der Waals surface area (Å²) in [7, 11) is 0. The summed E-state index contributed by atoms with van der Waals surface area (Å²) in [6.45, 7) is 0.581. The minimum atomic E-state index is -0.441. The molecule has 0 spiro atoms. The zero-order chi connectivity index (χ0) is 13.1. The molecule has 0 aliphatic heterocycles. The Morgan fingerprint density at radius 1 is 1.44 bits per heavy atom. The molecule has 4 nitrogen and oxygen atoms in total. The van der Waals surface area contributed by atoms with Crippen molar-refractivity contribution in [3.8, 4) is 0 Å². The van der Waals surface area contributed by atoms with Crippen LogP contribution in [0, 0.1) is 10.1 Å². The second kappa shape index (κ2) is 5.69. The average Bonchev–Trinajstić information content (AvgIpc) is 2.74. The fourth-order valence-electron chi connectivity index (χ4n) is 1.39. The Morgan fingerprint density at radius 3 is 2.83 bits per heavy atom. The molecule has 0 bridgehead atoms. The van der Waals surface area contributed by atoms with Gasteiger partial charge in [-0.2, -0.15) is 0 Å². The first-order chi connectivity index (χ1) is 8.56. The van der Waals surface area contributed by atoms with Crippen molar-refractivity contribution in [2.75, 3.05) is 5.32 Å². The molecule has 1 aromatic carbocycles. The summed E-state index contributed by atoms with van der Waals surface area (Å²) in [6.07, 6.45) is 0. The molecule has 0 unspecified atom stereocenters. The number of nitrogens with zero attached hydrogens (tertiary/aromatic N) is 1. The van der Waals surface area contributed by atoms with Crippen LogP contribution in [0.15, 0.2) is 34.1 Å². The van der Waals surface area contributed by atoms with Crippen molar-refractivity contribution in [1.29, 1.82) is 0 Å². The topological polar surface area (TPSA) is 55.2 Å². The van der Waals surface area contributed by atoms with Gasteiger partial charge < -0.3 is 5.32 Å². The van der Waals surface area contributed by atoms with Gasteiger partial charge in [-0.1, -0.05) is 11.6 Å². The van der Waals surface area contributed by atoms with E-state index < -0.39 is 4.92 Å². The first kappa shape index (κ1) is 13.3. The van der Waals surface area contributed by atoms with Crippen LogP contribution in [0.5, 0.6) is 0 Å². The largest absolute Gasteiger partial charge is 0.379 e. The number of anilines is 1. The summed E-state index contributed by atoms with van der Waals surface area (Å²) in [4.78, 5) is 11.3. The van der Waals surface area contributed by atoms with Gasteiger partial charge in [0.25, 0.3) is 5.69 Å². The standard InChI is InChI=1S/C11H8BrClN2O2S/c12-7-3-9(18-6-7)5-14-11-4-8(15(16)17)1-2-10(11)13/h1-4,6,14H,5H2. The number of halogens is 2. The molecule has 0 fully saturated rings. The molecule has 0 aliphatic rings. The van der Waals surface area contributed by atoms with Crippen LogP contribution in [0.25, 0.3) is 0 Å². The molecule has 2 aromatic rings. The Labute approximate surface area is 121 Å². The Morgan fingerprint density at radius 2 is 2.22 bits per heavy atom. The third-order valence-electron chi connectivity index (χ3n) is 2.24. The molecule has 18 heavy (non-hydrogen) atoms. The zero-order valence-corrected chi connectivity index (χ0v) is 12.2. The van der Waals surface area contributed by atoms with Gasteiger partial charge in [0.2, 0.25) is 0 Å². The maximum atomic E-state index is 10.7. The lowest BCUT2D eigenvalue weighted by Crippen LogP contribution is -1.99. The number of non-ortho nitro benzene ring substituents is 1. The van der Waals surface area contributed by atoms with Gasteiger partial charge in [0.15, 0.2) is 0 Å². The summed E-state index contributed by atoms with van der Waals surface area (Å²) in [6, 6.07) is 6.33. The number of benzene rings is 1. The third-order valence-corrected chi connectivity index (χ3v) is 4.26. The van der Waals surface area contributed by atoms with Crippen molar-refractivity contribution in [3.63, 3.8) is 0 Å². The van der Waals surface area contributed by atoms with Crippen molar-refractivity contribution in [3.05, 3.63) is 54.1 Å². The van der Waals surface area contributed by atoms with Crippen molar-refractivity contribution in [2.45, 2.75) is 6.54 Å². The number of rotatable bonds is 4. The summed E-state index contributed by atoms with van der Waals surface area (Å²) < 4.78 is 1.02. The van der Waals surface area contributed by atoms with E-state index in [2.05, 4.69) is 21.2 Å². The molecule has 1 N–H and O–H groups in total. The van der Waals surface area contributed by atoms with E-state index in [0.717, 1.165) is 9.35 Å². The maximum absolute atomic E-state index is 10.7. The normalized spacial score (nSPS) is 10.3. The molecule has 0 aliphatic carbocycles. The lowest BCUT2D eigenvalue weighted by Gasteiger charge is -2.06. The SMILES string of the molecule is O=[N+]([O-])c1ccc(Cl)c(NCc2cc(Br)cs2)c1. The van der Waals surface area contributed by atoms with E-state index >= 15 is 0 Å². The summed E-state index contributed by atoms with van der Waals surface area (Å²) in [5, 5.41) is 16.2. The zero-order valence-electron chi connectivity index (χ0n) is 9.02. The van der Waals surface area contributed by atoms with E-state index in [9.17, 15) is 10.1 Å². The first-order valence-electron chi connectivity index (χ1n) is 4.97. The number of nitrogens with one attached hydrogen (secondary N) is 1. The molecule has 0 radical (unpaired) electrons. The van der Waals surface area contributed by atoms with Gasteiger partial charge in [0.1, 0.15) is 0 Å². The summed E-state index contributed by atoms with van der Waals surface area (Å²) >= 11 is 11.0. The van der Waals surface area contributed by atoms with E-state index in [1.165, 1.54) is 18.2 Å². The van der Waals surface area contributed by atoms with Gasteiger partial charge >= 0.3 is 0 Å². The Bertz CT molecular complexity index is 588. The highest BCUT2D eigenvalue weighted by Crippen LogP contribution is 2.28. The molecule has 0 amide bonds. The van der Waals surface area contributed by atoms with Crippen LogP contribution in [-0.2, 0) is 6.54 Å². The van der Waals surface area contributed by atoms with Crippen LogP contribution >= 0.6 is 38.9 Å². The van der Waals surface area contributed by atoms with Gasteiger partial charge in [-0.3, -0.25) is 10.1 Å².